The average Bonchev–Trinajstić information content (AvgIpc) is 2.88. The molecule has 5 heteroatoms. The molecule has 1 N–H and O–H groups in total. The summed E-state index contributed by atoms with van der Waals surface area (Å²) in [4.78, 5) is 0. The van der Waals surface area contributed by atoms with Gasteiger partial charge in [-0.15, -0.1) is 0 Å². The number of halogens is 1. The van der Waals surface area contributed by atoms with Gasteiger partial charge < -0.3 is 5.32 Å². The van der Waals surface area contributed by atoms with Crippen LogP contribution in [0.5, 0.6) is 0 Å². The van der Waals surface area contributed by atoms with Crippen molar-refractivity contribution in [3.8, 4) is 0 Å². The van der Waals surface area contributed by atoms with Crippen molar-refractivity contribution in [1.29, 1.82) is 0 Å². The molecule has 0 bridgehead atoms. The van der Waals surface area contributed by atoms with Crippen molar-refractivity contribution < 1.29 is 0 Å². The van der Waals surface area contributed by atoms with Crippen molar-refractivity contribution in [1.82, 2.24) is 8.75 Å². The molecule has 0 radical (unpaired) electrons. The highest BCUT2D eigenvalue weighted by Gasteiger charge is 2.08. The van der Waals surface area contributed by atoms with E-state index in [0.29, 0.717) is 11.0 Å². The number of aromatic nitrogens is 2. The van der Waals surface area contributed by atoms with Crippen molar-refractivity contribution in [2.24, 2.45) is 0 Å². The topological polar surface area (TPSA) is 37.8 Å². The van der Waals surface area contributed by atoms with Crippen LogP contribution in [-0.4, -0.2) is 8.75 Å². The van der Waals surface area contributed by atoms with Gasteiger partial charge in [-0.3, -0.25) is 0 Å². The fourth-order valence-electron chi connectivity index (χ4n) is 1.99. The zero-order valence-corrected chi connectivity index (χ0v) is 12.2. The van der Waals surface area contributed by atoms with Crippen LogP contribution in [0.25, 0.3) is 0 Å². The van der Waals surface area contributed by atoms with Crippen molar-refractivity contribution in [2.45, 2.75) is 6.42 Å². The Bertz CT molecular complexity index is 697. The van der Waals surface area contributed by atoms with E-state index in [2.05, 4.69) is 32.3 Å². The molecule has 0 unspecified atom stereocenters. The minimum atomic E-state index is 0.407. The lowest BCUT2D eigenvalue weighted by molar-refractivity contribution is 1.19. The zero-order valence-electron chi connectivity index (χ0n) is 10.6. The van der Waals surface area contributed by atoms with E-state index in [1.165, 1.54) is 11.1 Å². The van der Waals surface area contributed by atoms with Gasteiger partial charge in [-0.2, -0.15) is 8.75 Å². The number of nitrogens with zero attached hydrogens (tertiary/aromatic N) is 2. The average molecular weight is 302 g/mol. The van der Waals surface area contributed by atoms with Crippen LogP contribution in [-0.2, 0) is 6.42 Å². The SMILES string of the molecule is Clc1nsnc1Nc1ccccc1Cc1ccccc1. The van der Waals surface area contributed by atoms with Crippen LogP contribution in [0.4, 0.5) is 11.5 Å². The summed E-state index contributed by atoms with van der Waals surface area (Å²) < 4.78 is 8.11. The molecule has 0 amide bonds. The van der Waals surface area contributed by atoms with E-state index in [0.717, 1.165) is 23.8 Å². The number of hydrogen-bond acceptors (Lipinski definition) is 4. The maximum atomic E-state index is 5.98. The Morgan fingerprint density at radius 3 is 2.45 bits per heavy atom. The normalized spacial score (nSPS) is 10.4. The first-order valence-corrected chi connectivity index (χ1v) is 7.30. The Hall–Kier alpha value is -1.91. The molecule has 0 aliphatic rings. The van der Waals surface area contributed by atoms with E-state index in [1.807, 2.05) is 36.4 Å². The molecule has 0 aliphatic carbocycles. The predicted octanol–water partition coefficient (Wildman–Crippen LogP) is 4.53. The smallest absolute Gasteiger partial charge is 0.187 e. The number of anilines is 2. The highest BCUT2D eigenvalue weighted by atomic mass is 35.5. The van der Waals surface area contributed by atoms with Gasteiger partial charge in [0.15, 0.2) is 11.0 Å². The number of para-hydroxylation sites is 1. The molecule has 3 rings (SSSR count). The van der Waals surface area contributed by atoms with Crippen LogP contribution >= 0.6 is 23.3 Å². The summed E-state index contributed by atoms with van der Waals surface area (Å²) in [6.07, 6.45) is 0.860. The zero-order chi connectivity index (χ0) is 13.8. The van der Waals surface area contributed by atoms with Crippen LogP contribution in [0.3, 0.4) is 0 Å². The summed E-state index contributed by atoms with van der Waals surface area (Å²) in [7, 11) is 0. The molecule has 1 aromatic heterocycles. The van der Waals surface area contributed by atoms with Gasteiger partial charge >= 0.3 is 0 Å². The Morgan fingerprint density at radius 2 is 1.70 bits per heavy atom. The molecule has 3 aromatic rings. The van der Waals surface area contributed by atoms with Crippen molar-refractivity contribution in [2.75, 3.05) is 5.32 Å². The van der Waals surface area contributed by atoms with E-state index < -0.39 is 0 Å². The Kier molecular flexibility index (Phi) is 3.95. The summed E-state index contributed by atoms with van der Waals surface area (Å²) in [6.45, 7) is 0. The highest BCUT2D eigenvalue weighted by molar-refractivity contribution is 6.99. The molecule has 0 atom stereocenters. The molecule has 0 saturated carbocycles. The van der Waals surface area contributed by atoms with Gasteiger partial charge in [0.05, 0.1) is 11.7 Å². The lowest BCUT2D eigenvalue weighted by Crippen LogP contribution is -1.97. The van der Waals surface area contributed by atoms with E-state index in [-0.39, 0.29) is 0 Å². The van der Waals surface area contributed by atoms with Gasteiger partial charge in [0.25, 0.3) is 0 Å². The lowest BCUT2D eigenvalue weighted by Gasteiger charge is -2.10. The summed E-state index contributed by atoms with van der Waals surface area (Å²) in [6, 6.07) is 18.5. The first-order chi connectivity index (χ1) is 9.83. The van der Waals surface area contributed by atoms with E-state index >= 15 is 0 Å². The second kappa shape index (κ2) is 6.03. The number of benzene rings is 2. The molecular formula is C15H12ClN3S. The molecule has 3 nitrogen and oxygen atoms in total. The van der Waals surface area contributed by atoms with Crippen molar-refractivity contribution in [3.05, 3.63) is 70.9 Å². The van der Waals surface area contributed by atoms with Gasteiger partial charge in [0, 0.05) is 5.69 Å². The molecule has 0 aliphatic heterocycles. The number of nitrogens with one attached hydrogen (secondary N) is 1. The summed E-state index contributed by atoms with van der Waals surface area (Å²) in [5.74, 6) is 0.608. The van der Waals surface area contributed by atoms with E-state index in [9.17, 15) is 0 Å². The first-order valence-electron chi connectivity index (χ1n) is 6.20. The second-order valence-corrected chi connectivity index (χ2v) is 5.23. The predicted molar refractivity (Wildman–Crippen MR) is 83.9 cm³/mol. The van der Waals surface area contributed by atoms with Gasteiger partial charge in [-0.25, -0.2) is 0 Å². The van der Waals surface area contributed by atoms with Crippen LogP contribution in [0.2, 0.25) is 5.15 Å². The molecule has 100 valence electrons. The third-order valence-corrected chi connectivity index (χ3v) is 3.85. The summed E-state index contributed by atoms with van der Waals surface area (Å²) >= 11 is 7.08. The van der Waals surface area contributed by atoms with Crippen molar-refractivity contribution >= 4 is 34.8 Å². The number of rotatable bonds is 4. The molecular weight excluding hydrogens is 290 g/mol. The summed E-state index contributed by atoms with van der Waals surface area (Å²) in [5, 5.41) is 3.65. The summed E-state index contributed by atoms with van der Waals surface area (Å²) in [5.41, 5.74) is 3.47. The maximum Gasteiger partial charge on any atom is 0.187 e. The minimum Gasteiger partial charge on any atom is -0.337 e. The van der Waals surface area contributed by atoms with Gasteiger partial charge in [0.2, 0.25) is 0 Å². The quantitative estimate of drug-likeness (QED) is 0.769. The third kappa shape index (κ3) is 2.98. The Morgan fingerprint density at radius 1 is 0.950 bits per heavy atom. The van der Waals surface area contributed by atoms with Gasteiger partial charge in [-0.1, -0.05) is 60.1 Å². The first kappa shape index (κ1) is 13.1. The van der Waals surface area contributed by atoms with Crippen LogP contribution in [0, 0.1) is 0 Å². The Labute approximate surface area is 126 Å². The minimum absolute atomic E-state index is 0.407. The molecule has 0 spiro atoms. The molecule has 2 aromatic carbocycles. The molecule has 1 heterocycles. The number of hydrogen-bond donors (Lipinski definition) is 1. The third-order valence-electron chi connectivity index (χ3n) is 2.96. The fraction of sp³-hybridized carbons (Fsp3) is 0.0667. The second-order valence-electron chi connectivity index (χ2n) is 4.35. The van der Waals surface area contributed by atoms with Crippen molar-refractivity contribution in [3.63, 3.8) is 0 Å². The monoisotopic (exact) mass is 301 g/mol. The van der Waals surface area contributed by atoms with Crippen LogP contribution < -0.4 is 5.32 Å². The molecule has 0 saturated heterocycles. The standard InChI is InChI=1S/C15H12ClN3S/c16-14-15(19-20-18-14)17-13-9-5-4-8-12(13)10-11-6-2-1-3-7-11/h1-9H,10H2,(H,17,19). The molecule has 20 heavy (non-hydrogen) atoms. The van der Waals surface area contributed by atoms with Gasteiger partial charge in [0.1, 0.15) is 0 Å². The van der Waals surface area contributed by atoms with Crippen LogP contribution in [0.15, 0.2) is 54.6 Å². The van der Waals surface area contributed by atoms with E-state index in [4.69, 9.17) is 11.6 Å². The lowest BCUT2D eigenvalue weighted by atomic mass is 10.0. The van der Waals surface area contributed by atoms with E-state index in [1.54, 1.807) is 0 Å². The Balaban J connectivity index is 1.87. The highest BCUT2D eigenvalue weighted by Crippen LogP contribution is 2.26. The largest absolute Gasteiger partial charge is 0.337 e. The maximum absolute atomic E-state index is 5.98. The fourth-order valence-corrected chi connectivity index (χ4v) is 2.64. The van der Waals surface area contributed by atoms with Gasteiger partial charge in [-0.05, 0) is 23.6 Å². The molecule has 0 fully saturated rings. The van der Waals surface area contributed by atoms with Crippen LogP contribution in [0.1, 0.15) is 11.1 Å².